The van der Waals surface area contributed by atoms with Crippen LogP contribution in [-0.2, 0) is 11.2 Å². The summed E-state index contributed by atoms with van der Waals surface area (Å²) in [6.45, 7) is 0. The molecule has 5 nitrogen and oxygen atoms in total. The molecule has 0 saturated heterocycles. The van der Waals surface area contributed by atoms with Crippen molar-refractivity contribution in [2.24, 2.45) is 5.92 Å². The summed E-state index contributed by atoms with van der Waals surface area (Å²) >= 11 is 0. The number of nitrogens with one attached hydrogen (secondary N) is 1. The maximum atomic E-state index is 11.9. The third-order valence-corrected chi connectivity index (χ3v) is 3.32. The second-order valence-electron chi connectivity index (χ2n) is 4.71. The summed E-state index contributed by atoms with van der Waals surface area (Å²) in [5, 5.41) is 20.1. The molecule has 1 amide bonds. The van der Waals surface area contributed by atoms with E-state index in [0.717, 1.165) is 5.56 Å². The van der Waals surface area contributed by atoms with E-state index in [-0.39, 0.29) is 17.9 Å². The molecule has 19 heavy (non-hydrogen) atoms. The molecule has 0 radical (unpaired) electrons. The predicted octanol–water partition coefficient (Wildman–Crippen LogP) is 1.35. The first-order chi connectivity index (χ1) is 9.10. The molecule has 5 heteroatoms. The Morgan fingerprint density at radius 1 is 1.32 bits per heavy atom. The minimum atomic E-state index is -0.800. The highest BCUT2D eigenvalue weighted by Gasteiger charge is 2.35. The fourth-order valence-corrected chi connectivity index (χ4v) is 2.07. The number of carbonyl (C=O) groups is 2. The number of carboxylic acids is 1. The first-order valence-corrected chi connectivity index (χ1v) is 6.09. The number of aliphatic carboxylic acids is 1. The Hall–Kier alpha value is -2.35. The van der Waals surface area contributed by atoms with Crippen molar-refractivity contribution >= 4 is 11.9 Å². The number of rotatable bonds is 4. The normalized spacial score (nSPS) is 21.0. The van der Waals surface area contributed by atoms with Gasteiger partial charge in [-0.2, -0.15) is 5.26 Å². The van der Waals surface area contributed by atoms with Gasteiger partial charge in [0, 0.05) is 11.6 Å². The van der Waals surface area contributed by atoms with E-state index in [9.17, 15) is 9.59 Å². The lowest BCUT2D eigenvalue weighted by atomic mass is 9.80. The molecule has 1 aromatic carbocycles. The van der Waals surface area contributed by atoms with Crippen molar-refractivity contribution in [2.45, 2.75) is 25.3 Å². The van der Waals surface area contributed by atoms with Crippen molar-refractivity contribution in [1.29, 1.82) is 5.26 Å². The molecule has 0 unspecified atom stereocenters. The van der Waals surface area contributed by atoms with E-state index in [1.807, 2.05) is 6.07 Å². The lowest BCUT2D eigenvalue weighted by Gasteiger charge is -2.32. The number of benzene rings is 1. The van der Waals surface area contributed by atoms with Gasteiger partial charge in [0.2, 0.25) is 0 Å². The fourth-order valence-electron chi connectivity index (χ4n) is 2.07. The quantitative estimate of drug-likeness (QED) is 0.852. The van der Waals surface area contributed by atoms with Crippen LogP contribution in [0.4, 0.5) is 0 Å². The molecule has 98 valence electrons. The molecule has 1 aromatic rings. The Bertz CT molecular complexity index is 525. The minimum Gasteiger partial charge on any atom is -0.481 e. The van der Waals surface area contributed by atoms with E-state index in [4.69, 9.17) is 10.4 Å². The van der Waals surface area contributed by atoms with Crippen LogP contribution in [0.15, 0.2) is 24.3 Å². The molecule has 1 fully saturated rings. The number of nitrogens with zero attached hydrogens (tertiary/aromatic N) is 1. The second kappa shape index (κ2) is 5.53. The van der Waals surface area contributed by atoms with Crippen molar-refractivity contribution in [3.05, 3.63) is 35.4 Å². The van der Waals surface area contributed by atoms with Gasteiger partial charge in [-0.05, 0) is 30.5 Å². The maximum absolute atomic E-state index is 11.9. The first kappa shape index (κ1) is 13.1. The topological polar surface area (TPSA) is 90.2 Å². The summed E-state index contributed by atoms with van der Waals surface area (Å²) in [6, 6.07) is 8.84. The average Bonchev–Trinajstić information content (AvgIpc) is 2.33. The zero-order valence-corrected chi connectivity index (χ0v) is 10.3. The van der Waals surface area contributed by atoms with Crippen LogP contribution in [0.1, 0.15) is 28.8 Å². The van der Waals surface area contributed by atoms with Crippen LogP contribution in [0.2, 0.25) is 0 Å². The minimum absolute atomic E-state index is 0.0487. The lowest BCUT2D eigenvalue weighted by molar-refractivity contribution is -0.145. The SMILES string of the molecule is N#CCc1ccc(C(=O)NC2CC(C(=O)O)C2)cc1. The summed E-state index contributed by atoms with van der Waals surface area (Å²) in [7, 11) is 0. The third kappa shape index (κ3) is 3.10. The molecule has 0 heterocycles. The Kier molecular flexibility index (Phi) is 3.81. The average molecular weight is 258 g/mol. The van der Waals surface area contributed by atoms with Gasteiger partial charge < -0.3 is 10.4 Å². The molecule has 0 aliphatic heterocycles. The van der Waals surface area contributed by atoms with Gasteiger partial charge in [0.25, 0.3) is 5.91 Å². The molecule has 0 spiro atoms. The highest BCUT2D eigenvalue weighted by molar-refractivity contribution is 5.94. The van der Waals surface area contributed by atoms with Crippen molar-refractivity contribution in [1.82, 2.24) is 5.32 Å². The number of amides is 1. The number of carboxylic acid groups (broad SMARTS) is 1. The highest BCUT2D eigenvalue weighted by Crippen LogP contribution is 2.27. The van der Waals surface area contributed by atoms with Gasteiger partial charge in [-0.25, -0.2) is 0 Å². The molecule has 2 rings (SSSR count). The van der Waals surface area contributed by atoms with Gasteiger partial charge in [0.05, 0.1) is 18.4 Å². The largest absolute Gasteiger partial charge is 0.481 e. The van der Waals surface area contributed by atoms with E-state index in [1.165, 1.54) is 0 Å². The zero-order valence-electron chi connectivity index (χ0n) is 10.3. The standard InChI is InChI=1S/C14H14N2O3/c15-6-5-9-1-3-10(4-2-9)13(17)16-12-7-11(8-12)14(18)19/h1-4,11-12H,5,7-8H2,(H,16,17)(H,18,19). The van der Waals surface area contributed by atoms with Gasteiger partial charge in [0.1, 0.15) is 0 Å². The Morgan fingerprint density at radius 3 is 2.47 bits per heavy atom. The summed E-state index contributed by atoms with van der Waals surface area (Å²) in [4.78, 5) is 22.5. The molecule has 1 aliphatic carbocycles. The molecule has 0 aromatic heterocycles. The Morgan fingerprint density at radius 2 is 1.95 bits per heavy atom. The number of hydrogen-bond acceptors (Lipinski definition) is 3. The van der Waals surface area contributed by atoms with Gasteiger partial charge in [-0.3, -0.25) is 9.59 Å². The highest BCUT2D eigenvalue weighted by atomic mass is 16.4. The van der Waals surface area contributed by atoms with Crippen molar-refractivity contribution in [3.8, 4) is 6.07 Å². The third-order valence-electron chi connectivity index (χ3n) is 3.32. The molecule has 1 saturated carbocycles. The molecular formula is C14H14N2O3. The smallest absolute Gasteiger partial charge is 0.306 e. The monoisotopic (exact) mass is 258 g/mol. The summed E-state index contributed by atoms with van der Waals surface area (Å²) in [5.41, 5.74) is 1.40. The Balaban J connectivity index is 1.87. The summed E-state index contributed by atoms with van der Waals surface area (Å²) in [6.07, 6.45) is 1.31. The number of carbonyl (C=O) groups excluding carboxylic acids is 1. The zero-order chi connectivity index (χ0) is 13.8. The van der Waals surface area contributed by atoms with Gasteiger partial charge in [-0.15, -0.1) is 0 Å². The Labute approximate surface area is 110 Å². The van der Waals surface area contributed by atoms with E-state index in [1.54, 1.807) is 24.3 Å². The van der Waals surface area contributed by atoms with Gasteiger partial charge >= 0.3 is 5.97 Å². The number of hydrogen-bond donors (Lipinski definition) is 2. The second-order valence-corrected chi connectivity index (χ2v) is 4.71. The summed E-state index contributed by atoms with van der Waals surface area (Å²) < 4.78 is 0. The van der Waals surface area contributed by atoms with E-state index in [2.05, 4.69) is 5.32 Å². The van der Waals surface area contributed by atoms with Crippen LogP contribution in [0.3, 0.4) is 0 Å². The van der Waals surface area contributed by atoms with Crippen molar-refractivity contribution in [3.63, 3.8) is 0 Å². The molecular weight excluding hydrogens is 244 g/mol. The van der Waals surface area contributed by atoms with Crippen LogP contribution in [0, 0.1) is 17.2 Å². The van der Waals surface area contributed by atoms with Crippen LogP contribution in [0.5, 0.6) is 0 Å². The van der Waals surface area contributed by atoms with E-state index in [0.29, 0.717) is 24.8 Å². The van der Waals surface area contributed by atoms with Crippen LogP contribution < -0.4 is 5.32 Å². The first-order valence-electron chi connectivity index (χ1n) is 6.09. The van der Waals surface area contributed by atoms with Gasteiger partial charge in [-0.1, -0.05) is 12.1 Å². The lowest BCUT2D eigenvalue weighted by Crippen LogP contribution is -2.46. The molecule has 2 N–H and O–H groups in total. The summed E-state index contributed by atoms with van der Waals surface area (Å²) in [5.74, 6) is -1.33. The molecule has 0 atom stereocenters. The number of nitriles is 1. The fraction of sp³-hybridized carbons (Fsp3) is 0.357. The maximum Gasteiger partial charge on any atom is 0.306 e. The van der Waals surface area contributed by atoms with Gasteiger partial charge in [0.15, 0.2) is 0 Å². The van der Waals surface area contributed by atoms with E-state index < -0.39 is 5.97 Å². The van der Waals surface area contributed by atoms with Crippen molar-refractivity contribution < 1.29 is 14.7 Å². The van der Waals surface area contributed by atoms with Crippen LogP contribution in [0.25, 0.3) is 0 Å². The predicted molar refractivity (Wildman–Crippen MR) is 67.4 cm³/mol. The molecule has 1 aliphatic rings. The van der Waals surface area contributed by atoms with Crippen LogP contribution in [-0.4, -0.2) is 23.0 Å². The van der Waals surface area contributed by atoms with Crippen molar-refractivity contribution in [2.75, 3.05) is 0 Å². The van der Waals surface area contributed by atoms with Crippen LogP contribution >= 0.6 is 0 Å². The molecule has 0 bridgehead atoms. The van der Waals surface area contributed by atoms with E-state index >= 15 is 0 Å².